The highest BCUT2D eigenvalue weighted by atomic mass is 32.1. The van der Waals surface area contributed by atoms with Gasteiger partial charge in [-0.2, -0.15) is 0 Å². The Balaban J connectivity index is 1.32. The van der Waals surface area contributed by atoms with Crippen molar-refractivity contribution in [2.75, 3.05) is 18.7 Å². The number of urea groups is 1. The molecule has 2 heterocycles. The molecule has 0 saturated heterocycles. The maximum atomic E-state index is 13.6. The van der Waals surface area contributed by atoms with Crippen molar-refractivity contribution in [1.29, 1.82) is 0 Å². The fraction of sp³-hybridized carbons (Fsp3) is 0.333. The molecule has 0 spiro atoms. The normalized spacial score (nSPS) is 14.0. The lowest BCUT2D eigenvalue weighted by Crippen LogP contribution is -2.45. The number of ether oxygens (including phenoxy) is 2. The smallest absolute Gasteiger partial charge is 0.322 e. The average molecular weight is 492 g/mol. The predicted octanol–water partition coefficient (Wildman–Crippen LogP) is 5.32. The summed E-state index contributed by atoms with van der Waals surface area (Å²) in [5.41, 5.74) is 3.88. The number of thiophene rings is 1. The molecule has 1 N–H and O–H groups in total. The van der Waals surface area contributed by atoms with E-state index in [1.54, 1.807) is 16.2 Å². The molecular formula is C27H29N3O4S. The van der Waals surface area contributed by atoms with E-state index in [1.807, 2.05) is 72.7 Å². The molecule has 35 heavy (non-hydrogen) atoms. The molecule has 7 nitrogen and oxygen atoms in total. The van der Waals surface area contributed by atoms with Crippen molar-refractivity contribution in [3.63, 3.8) is 0 Å². The summed E-state index contributed by atoms with van der Waals surface area (Å²) in [5.74, 6) is 1.32. The first-order valence-corrected chi connectivity index (χ1v) is 12.7. The van der Waals surface area contributed by atoms with Crippen LogP contribution < -0.4 is 14.8 Å². The number of hydrogen-bond acceptors (Lipinski definition) is 5. The molecule has 1 aromatic heterocycles. The van der Waals surface area contributed by atoms with Crippen LogP contribution in [0, 0.1) is 13.8 Å². The van der Waals surface area contributed by atoms with Gasteiger partial charge in [0.05, 0.1) is 6.54 Å². The predicted molar refractivity (Wildman–Crippen MR) is 136 cm³/mol. The fourth-order valence-corrected chi connectivity index (χ4v) is 4.87. The summed E-state index contributed by atoms with van der Waals surface area (Å²) in [7, 11) is 0. The number of fused-ring (bicyclic) bond motifs is 1. The Morgan fingerprint density at radius 1 is 1.03 bits per heavy atom. The van der Waals surface area contributed by atoms with Gasteiger partial charge in [-0.05, 0) is 73.0 Å². The highest BCUT2D eigenvalue weighted by Gasteiger charge is 2.35. The Hall–Kier alpha value is -3.52. The van der Waals surface area contributed by atoms with Crippen LogP contribution in [0.4, 0.5) is 10.5 Å². The van der Waals surface area contributed by atoms with Gasteiger partial charge in [0.2, 0.25) is 12.7 Å². The number of benzene rings is 2. The molecule has 3 amide bonds. The second kappa shape index (κ2) is 10.00. The molecule has 182 valence electrons. The van der Waals surface area contributed by atoms with Crippen LogP contribution in [0.2, 0.25) is 0 Å². The standard InChI is InChI=1S/C27H29N3O4S/c1-18-5-3-7-23(19(18)2)28-27(32)30(21-9-10-21)16-26(31)29(15-22-6-4-12-35-22)14-20-8-11-24-25(13-20)34-17-33-24/h3-8,11-13,21H,9-10,14-17H2,1-2H3,(H,28,32). The molecule has 8 heteroatoms. The largest absolute Gasteiger partial charge is 0.454 e. The van der Waals surface area contributed by atoms with Crippen LogP contribution in [-0.4, -0.2) is 41.1 Å². The summed E-state index contributed by atoms with van der Waals surface area (Å²) in [4.78, 5) is 31.4. The highest BCUT2D eigenvalue weighted by Crippen LogP contribution is 2.33. The molecule has 0 radical (unpaired) electrons. The van der Waals surface area contributed by atoms with Gasteiger partial charge in [-0.1, -0.05) is 24.3 Å². The van der Waals surface area contributed by atoms with Gasteiger partial charge >= 0.3 is 6.03 Å². The van der Waals surface area contributed by atoms with Crippen LogP contribution >= 0.6 is 11.3 Å². The van der Waals surface area contributed by atoms with Crippen molar-refractivity contribution in [3.8, 4) is 11.5 Å². The maximum absolute atomic E-state index is 13.6. The molecular weight excluding hydrogens is 462 g/mol. The van der Waals surface area contributed by atoms with E-state index >= 15 is 0 Å². The van der Waals surface area contributed by atoms with E-state index in [2.05, 4.69) is 5.32 Å². The third kappa shape index (κ3) is 5.43. The first-order chi connectivity index (χ1) is 17.0. The van der Waals surface area contributed by atoms with Gasteiger partial charge in [-0.25, -0.2) is 4.79 Å². The monoisotopic (exact) mass is 491 g/mol. The minimum absolute atomic E-state index is 0.0390. The molecule has 5 rings (SSSR count). The van der Waals surface area contributed by atoms with Gasteiger partial charge in [0.25, 0.3) is 0 Å². The topological polar surface area (TPSA) is 71.1 Å². The van der Waals surface area contributed by atoms with Gasteiger partial charge < -0.3 is 24.6 Å². The number of rotatable bonds is 8. The molecule has 0 unspecified atom stereocenters. The first kappa shape index (κ1) is 23.2. The molecule has 1 aliphatic carbocycles. The number of amides is 3. The number of nitrogens with zero attached hydrogens (tertiary/aromatic N) is 2. The summed E-state index contributed by atoms with van der Waals surface area (Å²) in [6.07, 6.45) is 1.83. The quantitative estimate of drug-likeness (QED) is 0.463. The minimum atomic E-state index is -0.228. The van der Waals surface area contributed by atoms with Crippen LogP contribution in [0.3, 0.4) is 0 Å². The molecule has 3 aromatic rings. The number of carbonyl (C=O) groups is 2. The Labute approximate surface area is 209 Å². The Morgan fingerprint density at radius 3 is 2.63 bits per heavy atom. The SMILES string of the molecule is Cc1cccc(NC(=O)N(CC(=O)N(Cc2ccc3c(c2)OCO3)Cc2cccs2)C2CC2)c1C. The van der Waals surface area contributed by atoms with Crippen LogP contribution in [0.1, 0.15) is 34.4 Å². The first-order valence-electron chi connectivity index (χ1n) is 11.8. The van der Waals surface area contributed by atoms with Crippen molar-refractivity contribution in [2.24, 2.45) is 0 Å². The molecule has 1 aliphatic heterocycles. The van der Waals surface area contributed by atoms with E-state index < -0.39 is 0 Å². The Bertz CT molecular complexity index is 1220. The second-order valence-corrected chi connectivity index (χ2v) is 10.1. The van der Waals surface area contributed by atoms with Gasteiger partial charge in [0, 0.05) is 23.2 Å². The number of nitrogens with one attached hydrogen (secondary N) is 1. The molecule has 1 fully saturated rings. The van der Waals surface area contributed by atoms with Crippen LogP contribution in [-0.2, 0) is 17.9 Å². The minimum Gasteiger partial charge on any atom is -0.454 e. The van der Waals surface area contributed by atoms with Gasteiger partial charge in [-0.15, -0.1) is 11.3 Å². The van der Waals surface area contributed by atoms with Crippen LogP contribution in [0.5, 0.6) is 11.5 Å². The van der Waals surface area contributed by atoms with Crippen molar-refractivity contribution >= 4 is 29.0 Å². The Kier molecular flexibility index (Phi) is 6.63. The van der Waals surface area contributed by atoms with Crippen LogP contribution in [0.25, 0.3) is 0 Å². The molecule has 2 aromatic carbocycles. The number of aryl methyl sites for hydroxylation is 1. The third-order valence-electron chi connectivity index (χ3n) is 6.49. The van der Waals surface area contributed by atoms with Crippen molar-refractivity contribution in [3.05, 3.63) is 75.5 Å². The zero-order valence-electron chi connectivity index (χ0n) is 20.0. The fourth-order valence-electron chi connectivity index (χ4n) is 4.15. The maximum Gasteiger partial charge on any atom is 0.322 e. The van der Waals surface area contributed by atoms with E-state index in [0.717, 1.165) is 40.1 Å². The lowest BCUT2D eigenvalue weighted by Gasteiger charge is -2.28. The van der Waals surface area contributed by atoms with E-state index in [0.29, 0.717) is 24.6 Å². The van der Waals surface area contributed by atoms with E-state index in [9.17, 15) is 9.59 Å². The Morgan fingerprint density at radius 2 is 1.86 bits per heavy atom. The van der Waals surface area contributed by atoms with Crippen molar-refractivity contribution < 1.29 is 19.1 Å². The van der Waals surface area contributed by atoms with Crippen LogP contribution in [0.15, 0.2) is 53.9 Å². The average Bonchev–Trinajstić information content (AvgIpc) is 3.34. The highest BCUT2D eigenvalue weighted by molar-refractivity contribution is 7.09. The molecule has 2 aliphatic rings. The number of carbonyl (C=O) groups excluding carboxylic acids is 2. The molecule has 1 saturated carbocycles. The van der Waals surface area contributed by atoms with E-state index in [1.165, 1.54) is 0 Å². The van der Waals surface area contributed by atoms with E-state index in [-0.39, 0.29) is 31.3 Å². The van der Waals surface area contributed by atoms with Gasteiger partial charge in [0.1, 0.15) is 6.54 Å². The summed E-state index contributed by atoms with van der Waals surface area (Å²) >= 11 is 1.62. The third-order valence-corrected chi connectivity index (χ3v) is 7.35. The lowest BCUT2D eigenvalue weighted by atomic mass is 10.1. The van der Waals surface area contributed by atoms with Crippen molar-refractivity contribution in [1.82, 2.24) is 9.80 Å². The van der Waals surface area contributed by atoms with Gasteiger partial charge in [0.15, 0.2) is 11.5 Å². The molecule has 0 atom stereocenters. The van der Waals surface area contributed by atoms with E-state index in [4.69, 9.17) is 9.47 Å². The zero-order valence-corrected chi connectivity index (χ0v) is 20.8. The van der Waals surface area contributed by atoms with Crippen molar-refractivity contribution in [2.45, 2.75) is 45.8 Å². The summed E-state index contributed by atoms with van der Waals surface area (Å²) in [6, 6.07) is 15.5. The summed E-state index contributed by atoms with van der Waals surface area (Å²) in [6.45, 7) is 5.17. The molecule has 0 bridgehead atoms. The summed E-state index contributed by atoms with van der Waals surface area (Å²) in [5, 5.41) is 5.03. The zero-order chi connectivity index (χ0) is 24.4. The lowest BCUT2D eigenvalue weighted by molar-refractivity contribution is -0.133. The number of hydrogen-bond donors (Lipinski definition) is 1. The second-order valence-electron chi connectivity index (χ2n) is 9.05. The number of anilines is 1. The van der Waals surface area contributed by atoms with Gasteiger partial charge in [-0.3, -0.25) is 4.79 Å². The summed E-state index contributed by atoms with van der Waals surface area (Å²) < 4.78 is 10.9.